The SMILES string of the molecule is C[B]P=O.Nc1c(Cl)cc(C(=O)C(F)(F)F)cc1Cl.O=C(Nc1c(Cl)cc(C(=O)C(F)(F)F)cc1Cl)c1cccc([N+](=O)[O-])c1F.O=C(O)c1cccc([N+](=O)[O-])c1F. The van der Waals surface area contributed by atoms with Crippen LogP contribution < -0.4 is 11.1 Å². The predicted octanol–water partition coefficient (Wildman–Crippen LogP) is 10.7. The minimum absolute atomic E-state index is 0.0583. The number of carboxylic acids is 1. The number of hydrogen-bond acceptors (Lipinski definition) is 10. The summed E-state index contributed by atoms with van der Waals surface area (Å²) < 4.78 is 110. The number of nitro benzene ring substituents is 2. The number of nitrogens with two attached hydrogens (primary N) is 1. The number of carboxylic acid groups (broad SMARTS) is 1. The fourth-order valence-corrected chi connectivity index (χ4v) is 4.78. The number of carbonyl (C=O) groups excluding carboxylic acids is 3. The number of amides is 1. The molecular formula is C31H17BCl4F8N4O10P. The van der Waals surface area contributed by atoms with Gasteiger partial charge >= 0.3 is 29.7 Å². The number of ketones is 2. The van der Waals surface area contributed by atoms with Gasteiger partial charge in [-0.2, -0.15) is 35.1 Å². The molecule has 4 aromatic carbocycles. The molecule has 0 unspecified atom stereocenters. The van der Waals surface area contributed by atoms with Gasteiger partial charge in [0.25, 0.3) is 17.5 Å². The molecule has 28 heteroatoms. The van der Waals surface area contributed by atoms with E-state index < -0.39 is 107 Å². The number of Topliss-reactive ketones (excluding diaryl/α,β-unsaturated/α-hetero) is 2. The first-order valence-electron chi connectivity index (χ1n) is 14.6. The van der Waals surface area contributed by atoms with Gasteiger partial charge in [0.2, 0.25) is 18.6 Å². The van der Waals surface area contributed by atoms with Gasteiger partial charge in [-0.15, -0.1) is 0 Å². The van der Waals surface area contributed by atoms with Crippen LogP contribution in [-0.2, 0) is 4.57 Å². The molecule has 0 heterocycles. The topological polar surface area (TPSA) is 230 Å². The third-order valence-electron chi connectivity index (χ3n) is 6.33. The van der Waals surface area contributed by atoms with E-state index in [-0.39, 0.29) is 24.1 Å². The summed E-state index contributed by atoms with van der Waals surface area (Å²) in [6.07, 6.45) is -10.1. The van der Waals surface area contributed by atoms with Gasteiger partial charge in [0, 0.05) is 23.3 Å². The van der Waals surface area contributed by atoms with Crippen LogP contribution in [0.4, 0.5) is 57.9 Å². The molecule has 4 rings (SSSR count). The van der Waals surface area contributed by atoms with Crippen LogP contribution >= 0.6 is 54.7 Å². The molecule has 59 heavy (non-hydrogen) atoms. The van der Waals surface area contributed by atoms with E-state index in [9.17, 15) is 79.1 Å². The number of anilines is 2. The second-order valence-corrected chi connectivity index (χ2v) is 12.6. The third-order valence-corrected chi connectivity index (χ3v) is 7.76. The quantitative estimate of drug-likeness (QED) is 0.0286. The maximum absolute atomic E-state index is 14.0. The molecule has 0 atom stereocenters. The molecule has 4 aromatic rings. The minimum Gasteiger partial charge on any atom is -0.478 e. The molecular weight excluding hydrogens is 924 g/mol. The van der Waals surface area contributed by atoms with Crippen molar-refractivity contribution in [2.45, 2.75) is 19.2 Å². The first kappa shape index (κ1) is 51.5. The lowest BCUT2D eigenvalue weighted by Gasteiger charge is -2.12. The Hall–Kier alpha value is -5.48. The van der Waals surface area contributed by atoms with Crippen LogP contribution in [0.25, 0.3) is 0 Å². The van der Waals surface area contributed by atoms with E-state index in [0.29, 0.717) is 12.1 Å². The maximum Gasteiger partial charge on any atom is 0.454 e. The number of nitrogens with zero attached hydrogens (tertiary/aromatic N) is 2. The third kappa shape index (κ3) is 14.7. The Morgan fingerprint density at radius 2 is 1.07 bits per heavy atom. The Morgan fingerprint density at radius 1 is 0.729 bits per heavy atom. The van der Waals surface area contributed by atoms with Crippen LogP contribution in [0.3, 0.4) is 0 Å². The number of aromatic carboxylic acids is 1. The summed E-state index contributed by atoms with van der Waals surface area (Å²) in [5.74, 6) is -9.66. The molecule has 313 valence electrons. The molecule has 0 bridgehead atoms. The minimum atomic E-state index is -5.16. The smallest absolute Gasteiger partial charge is 0.454 e. The van der Waals surface area contributed by atoms with E-state index in [4.69, 9.17) is 57.2 Å². The predicted molar refractivity (Wildman–Crippen MR) is 198 cm³/mol. The molecule has 0 aliphatic carbocycles. The van der Waals surface area contributed by atoms with E-state index in [2.05, 4.69) is 0 Å². The molecule has 1 amide bonds. The van der Waals surface area contributed by atoms with Crippen molar-refractivity contribution < 1.29 is 73.8 Å². The van der Waals surface area contributed by atoms with Gasteiger partial charge < -0.3 is 16.2 Å². The van der Waals surface area contributed by atoms with Crippen molar-refractivity contribution in [3.63, 3.8) is 0 Å². The number of rotatable bonds is 8. The highest BCUT2D eigenvalue weighted by Gasteiger charge is 2.40. The summed E-state index contributed by atoms with van der Waals surface area (Å²) in [6.45, 7) is 3.27. The number of nitro groups is 2. The largest absolute Gasteiger partial charge is 0.478 e. The molecule has 14 nitrogen and oxygen atoms in total. The second kappa shape index (κ2) is 22.0. The van der Waals surface area contributed by atoms with E-state index >= 15 is 0 Å². The molecule has 0 fully saturated rings. The second-order valence-electron chi connectivity index (χ2n) is 10.2. The number of halogens is 12. The summed E-state index contributed by atoms with van der Waals surface area (Å²) in [6, 6.07) is 8.74. The number of carbonyl (C=O) groups is 4. The average molecular weight is 941 g/mol. The van der Waals surface area contributed by atoms with Crippen LogP contribution in [0.15, 0.2) is 60.7 Å². The molecule has 0 aliphatic heterocycles. The molecule has 1 radical (unpaired) electrons. The maximum atomic E-state index is 14.0. The van der Waals surface area contributed by atoms with Gasteiger partial charge in [-0.05, 0) is 36.4 Å². The fraction of sp³-hybridized carbons (Fsp3) is 0.0968. The van der Waals surface area contributed by atoms with Gasteiger partial charge in [0.15, 0.2) is 0 Å². The first-order chi connectivity index (χ1) is 27.1. The Kier molecular flexibility index (Phi) is 19.3. The van der Waals surface area contributed by atoms with E-state index in [1.54, 1.807) is 13.8 Å². The lowest BCUT2D eigenvalue weighted by atomic mass is 10.1. The molecule has 4 N–H and O–H groups in total. The zero-order valence-corrected chi connectivity index (χ0v) is 32.3. The van der Waals surface area contributed by atoms with Gasteiger partial charge in [0.1, 0.15) is 5.56 Å². The number of hydrogen-bond donors (Lipinski definition) is 3. The van der Waals surface area contributed by atoms with E-state index in [1.165, 1.54) is 0 Å². The standard InChI is InChI=1S/C15H6Cl2F4N2O4.C8H4Cl2F3NO.C7H4FNO4.CH3BOP/c16-8-4-6(13(24)15(19,20)21)5-9(17)12(8)22-14(25)7-2-1-3-10(11(7)18)23(26)27;9-4-1-3(2-5(10)6(4)14)7(15)8(11,12)13;8-6-4(7(10)11)2-1-3-5(6)9(12)13;1-2-4-3/h1-5H,(H,22,25);1-2H,14H2;1-3H,(H,10,11);1H3. The highest BCUT2D eigenvalue weighted by atomic mass is 35.5. The lowest BCUT2D eigenvalue weighted by Crippen LogP contribution is -2.23. The summed E-state index contributed by atoms with van der Waals surface area (Å²) in [4.78, 5) is 63.4. The average Bonchev–Trinajstić information content (AvgIpc) is 3.13. The van der Waals surface area contributed by atoms with Crippen molar-refractivity contribution in [3.05, 3.63) is 135 Å². The van der Waals surface area contributed by atoms with Crippen molar-refractivity contribution in [3.8, 4) is 0 Å². The molecule has 0 spiro atoms. The van der Waals surface area contributed by atoms with E-state index in [0.717, 1.165) is 48.5 Å². The zero-order valence-electron chi connectivity index (χ0n) is 28.4. The molecule has 0 aliphatic rings. The Balaban J connectivity index is 0.000000458. The summed E-state index contributed by atoms with van der Waals surface area (Å²) in [5, 5.41) is 29.9. The Labute approximate surface area is 345 Å². The van der Waals surface area contributed by atoms with Crippen LogP contribution in [0, 0.1) is 31.9 Å². The van der Waals surface area contributed by atoms with Crippen LogP contribution in [0.2, 0.25) is 26.9 Å². The highest BCUT2D eigenvalue weighted by Crippen LogP contribution is 2.35. The highest BCUT2D eigenvalue weighted by molar-refractivity contribution is 7.60. The lowest BCUT2D eigenvalue weighted by molar-refractivity contribution is -0.387. The number of nitrogens with one attached hydrogen (secondary N) is 1. The molecule has 0 saturated carbocycles. The molecule has 0 aromatic heterocycles. The van der Waals surface area contributed by atoms with Crippen molar-refractivity contribution in [2.75, 3.05) is 11.1 Å². The van der Waals surface area contributed by atoms with Gasteiger partial charge in [-0.25, -0.2) is 4.79 Å². The Morgan fingerprint density at radius 3 is 1.39 bits per heavy atom. The fourth-order valence-electron chi connectivity index (χ4n) is 3.71. The van der Waals surface area contributed by atoms with Gasteiger partial charge in [-0.3, -0.25) is 39.2 Å². The van der Waals surface area contributed by atoms with Crippen molar-refractivity contribution >= 4 is 108 Å². The van der Waals surface area contributed by atoms with Gasteiger partial charge in [-0.1, -0.05) is 65.4 Å². The monoisotopic (exact) mass is 939 g/mol. The van der Waals surface area contributed by atoms with Crippen LogP contribution in [0.5, 0.6) is 0 Å². The number of alkyl halides is 6. The summed E-state index contributed by atoms with van der Waals surface area (Å²) in [5.41, 5.74) is 0.151. The molecule has 0 saturated heterocycles. The van der Waals surface area contributed by atoms with Crippen molar-refractivity contribution in [1.29, 1.82) is 0 Å². The van der Waals surface area contributed by atoms with Gasteiger partial charge in [0.05, 0.1) is 55.2 Å². The van der Waals surface area contributed by atoms with Crippen molar-refractivity contribution in [2.24, 2.45) is 0 Å². The van der Waals surface area contributed by atoms with Crippen LogP contribution in [0.1, 0.15) is 41.4 Å². The van der Waals surface area contributed by atoms with Crippen molar-refractivity contribution in [1.82, 2.24) is 0 Å². The number of benzene rings is 4. The zero-order chi connectivity index (χ0) is 45.7. The Bertz CT molecular complexity index is 2230. The summed E-state index contributed by atoms with van der Waals surface area (Å²) >= 11 is 22.5. The van der Waals surface area contributed by atoms with Crippen LogP contribution in [-0.4, -0.2) is 57.7 Å². The number of nitrogen functional groups attached to an aromatic ring is 1. The first-order valence-corrected chi connectivity index (χ1v) is 17.0. The van der Waals surface area contributed by atoms with E-state index in [1.807, 2.05) is 5.32 Å². The normalized spacial score (nSPS) is 10.7. The summed E-state index contributed by atoms with van der Waals surface area (Å²) in [7, 11) is 0.123.